The maximum absolute atomic E-state index is 14.5. The van der Waals surface area contributed by atoms with E-state index >= 15 is 0 Å². The third kappa shape index (κ3) is 3.30. The first kappa shape index (κ1) is 18.7. The van der Waals surface area contributed by atoms with Gasteiger partial charge in [0.25, 0.3) is 5.56 Å². The molecule has 1 aliphatic heterocycles. The van der Waals surface area contributed by atoms with Gasteiger partial charge in [0, 0.05) is 18.7 Å². The maximum Gasteiger partial charge on any atom is 0.272 e. The Morgan fingerprint density at radius 3 is 2.97 bits per heavy atom. The standard InChI is InChI=1S/C20H19FN6O3/c1-27-8-11(9-27)30-20(29)24-19-22-14-6-5-10(7-15(14)23-19)17-16-12(18(28)26-25-17)3-2-4-13(16)21/h2-7,11,20,29H,8-9H2,1H3,(H,26,28)(H2,22,23,24). The summed E-state index contributed by atoms with van der Waals surface area (Å²) in [7, 11) is 1.98. The summed E-state index contributed by atoms with van der Waals surface area (Å²) in [4.78, 5) is 21.6. The molecule has 0 saturated carbocycles. The molecule has 0 radical (unpaired) electrons. The Hall–Kier alpha value is -3.34. The highest BCUT2D eigenvalue weighted by molar-refractivity contribution is 5.96. The van der Waals surface area contributed by atoms with Gasteiger partial charge >= 0.3 is 0 Å². The van der Waals surface area contributed by atoms with Crippen molar-refractivity contribution in [3.05, 3.63) is 52.6 Å². The van der Waals surface area contributed by atoms with Crippen LogP contribution in [-0.2, 0) is 4.74 Å². The molecule has 3 heterocycles. The van der Waals surface area contributed by atoms with Crippen LogP contribution in [0, 0.1) is 5.82 Å². The number of nitrogens with one attached hydrogen (secondary N) is 3. The van der Waals surface area contributed by atoms with Crippen LogP contribution in [0.15, 0.2) is 41.2 Å². The quantitative estimate of drug-likeness (QED) is 0.369. The summed E-state index contributed by atoms with van der Waals surface area (Å²) in [5.74, 6) is -0.180. The van der Waals surface area contributed by atoms with Crippen molar-refractivity contribution in [1.82, 2.24) is 25.1 Å². The largest absolute Gasteiger partial charge is 0.351 e. The van der Waals surface area contributed by atoms with Gasteiger partial charge in [-0.25, -0.2) is 14.5 Å². The highest BCUT2D eigenvalue weighted by Gasteiger charge is 2.26. The Bertz CT molecular complexity index is 1300. The summed E-state index contributed by atoms with van der Waals surface area (Å²) in [6.45, 7) is 1.53. The Morgan fingerprint density at radius 1 is 1.33 bits per heavy atom. The number of hydrogen-bond donors (Lipinski definition) is 4. The summed E-state index contributed by atoms with van der Waals surface area (Å²) < 4.78 is 19.9. The molecule has 1 fully saturated rings. The molecule has 0 amide bonds. The summed E-state index contributed by atoms with van der Waals surface area (Å²) in [5.41, 5.74) is 1.77. The molecule has 30 heavy (non-hydrogen) atoms. The fourth-order valence-electron chi connectivity index (χ4n) is 3.67. The van der Waals surface area contributed by atoms with E-state index in [4.69, 9.17) is 4.74 Å². The third-order valence-corrected chi connectivity index (χ3v) is 5.13. The number of anilines is 1. The lowest BCUT2D eigenvalue weighted by atomic mass is 10.0. The Morgan fingerprint density at radius 2 is 2.17 bits per heavy atom. The maximum atomic E-state index is 14.5. The lowest BCUT2D eigenvalue weighted by molar-refractivity contribution is -0.156. The predicted molar refractivity (Wildman–Crippen MR) is 109 cm³/mol. The molecule has 1 aliphatic rings. The van der Waals surface area contributed by atoms with Crippen molar-refractivity contribution in [3.63, 3.8) is 0 Å². The zero-order chi connectivity index (χ0) is 20.8. The molecule has 0 spiro atoms. The highest BCUT2D eigenvalue weighted by atomic mass is 19.1. The molecule has 1 atom stereocenters. The first-order valence-electron chi connectivity index (χ1n) is 9.43. The number of hydrogen-bond acceptors (Lipinski definition) is 7. The van der Waals surface area contributed by atoms with Crippen LogP contribution in [-0.4, -0.2) is 62.8 Å². The van der Waals surface area contributed by atoms with E-state index in [2.05, 4.69) is 30.4 Å². The van der Waals surface area contributed by atoms with Gasteiger partial charge in [0.05, 0.1) is 27.9 Å². The van der Waals surface area contributed by atoms with Gasteiger partial charge in [0.2, 0.25) is 12.4 Å². The van der Waals surface area contributed by atoms with Gasteiger partial charge in [-0.3, -0.25) is 4.79 Å². The summed E-state index contributed by atoms with van der Waals surface area (Å²) >= 11 is 0. The molecule has 154 valence electrons. The van der Waals surface area contributed by atoms with Crippen molar-refractivity contribution >= 4 is 27.8 Å². The van der Waals surface area contributed by atoms with Crippen LogP contribution in [0.2, 0.25) is 0 Å². The lowest BCUT2D eigenvalue weighted by Crippen LogP contribution is -2.51. The van der Waals surface area contributed by atoms with Gasteiger partial charge in [-0.1, -0.05) is 12.1 Å². The molecule has 10 heteroatoms. The number of aromatic nitrogens is 4. The van der Waals surface area contributed by atoms with Crippen molar-refractivity contribution in [2.75, 3.05) is 25.5 Å². The number of nitrogens with zero attached hydrogens (tertiary/aromatic N) is 3. The topological polar surface area (TPSA) is 119 Å². The van der Waals surface area contributed by atoms with E-state index in [1.165, 1.54) is 12.1 Å². The Kier molecular flexibility index (Phi) is 4.46. The number of rotatable bonds is 5. The molecular weight excluding hydrogens is 391 g/mol. The van der Waals surface area contributed by atoms with E-state index in [0.717, 1.165) is 13.1 Å². The predicted octanol–water partition coefficient (Wildman–Crippen LogP) is 1.62. The monoisotopic (exact) mass is 410 g/mol. The first-order valence-corrected chi connectivity index (χ1v) is 9.43. The number of aliphatic hydroxyl groups excluding tert-OH is 1. The minimum absolute atomic E-state index is 0.0250. The van der Waals surface area contributed by atoms with Crippen molar-refractivity contribution in [2.45, 2.75) is 12.5 Å². The van der Waals surface area contributed by atoms with Crippen molar-refractivity contribution in [2.24, 2.45) is 0 Å². The van der Waals surface area contributed by atoms with E-state index in [0.29, 0.717) is 28.2 Å². The van der Waals surface area contributed by atoms with Crippen molar-refractivity contribution in [1.29, 1.82) is 0 Å². The van der Waals surface area contributed by atoms with Crippen LogP contribution in [0.4, 0.5) is 10.3 Å². The molecule has 1 saturated heterocycles. The Labute approximate surface area is 169 Å². The molecular formula is C20H19FN6O3. The van der Waals surface area contributed by atoms with E-state index in [1.54, 1.807) is 24.3 Å². The van der Waals surface area contributed by atoms with Gasteiger partial charge in [-0.15, -0.1) is 0 Å². The minimum atomic E-state index is -1.19. The SMILES string of the molecule is CN1CC(OC(O)Nc2nc3cc(-c4n[nH]c(=O)c5cccc(F)c45)ccc3[nH]2)C1. The zero-order valence-corrected chi connectivity index (χ0v) is 16.0. The first-order chi connectivity index (χ1) is 14.5. The number of likely N-dealkylation sites (tertiary alicyclic amines) is 1. The number of fused-ring (bicyclic) bond motifs is 2. The second kappa shape index (κ2) is 7.17. The van der Waals surface area contributed by atoms with E-state index in [-0.39, 0.29) is 16.9 Å². The van der Waals surface area contributed by atoms with Gasteiger partial charge < -0.3 is 25.0 Å². The van der Waals surface area contributed by atoms with Gasteiger partial charge in [0.15, 0.2) is 0 Å². The summed E-state index contributed by atoms with van der Waals surface area (Å²) in [5, 5.41) is 19.7. The molecule has 5 rings (SSSR count). The Balaban J connectivity index is 1.46. The van der Waals surface area contributed by atoms with Gasteiger partial charge in [0.1, 0.15) is 11.5 Å². The van der Waals surface area contributed by atoms with Crippen LogP contribution >= 0.6 is 0 Å². The third-order valence-electron chi connectivity index (χ3n) is 5.13. The number of H-pyrrole nitrogens is 2. The second-order valence-corrected chi connectivity index (χ2v) is 7.36. The average molecular weight is 410 g/mol. The fraction of sp³-hybridized carbons (Fsp3) is 0.250. The molecule has 9 nitrogen and oxygen atoms in total. The second-order valence-electron chi connectivity index (χ2n) is 7.36. The van der Waals surface area contributed by atoms with Crippen molar-refractivity contribution < 1.29 is 14.2 Å². The van der Waals surface area contributed by atoms with Crippen LogP contribution in [0.5, 0.6) is 0 Å². The highest BCUT2D eigenvalue weighted by Crippen LogP contribution is 2.29. The normalized spacial score (nSPS) is 16.1. The fourth-order valence-corrected chi connectivity index (χ4v) is 3.67. The summed E-state index contributed by atoms with van der Waals surface area (Å²) in [6.07, 6.45) is -1.22. The number of aliphatic hydroxyl groups is 1. The molecule has 2 aromatic carbocycles. The molecule has 2 aromatic heterocycles. The number of imidazole rings is 1. The zero-order valence-electron chi connectivity index (χ0n) is 16.0. The number of benzene rings is 2. The smallest absolute Gasteiger partial charge is 0.272 e. The van der Waals surface area contributed by atoms with Crippen LogP contribution < -0.4 is 10.9 Å². The van der Waals surface area contributed by atoms with E-state index in [1.807, 2.05) is 7.05 Å². The van der Waals surface area contributed by atoms with E-state index in [9.17, 15) is 14.3 Å². The number of likely N-dealkylation sites (N-methyl/N-ethyl adjacent to an activating group) is 1. The number of halogens is 1. The van der Waals surface area contributed by atoms with Crippen LogP contribution in [0.3, 0.4) is 0 Å². The summed E-state index contributed by atoms with van der Waals surface area (Å²) in [6, 6.07) is 9.60. The van der Waals surface area contributed by atoms with Crippen molar-refractivity contribution in [3.8, 4) is 11.3 Å². The van der Waals surface area contributed by atoms with Crippen LogP contribution in [0.25, 0.3) is 33.1 Å². The average Bonchev–Trinajstić information content (AvgIpc) is 3.09. The minimum Gasteiger partial charge on any atom is -0.351 e. The number of aromatic amines is 2. The molecule has 0 aliphatic carbocycles. The number of ether oxygens (including phenoxy) is 1. The molecule has 4 aromatic rings. The van der Waals surface area contributed by atoms with Gasteiger partial charge in [-0.2, -0.15) is 5.10 Å². The van der Waals surface area contributed by atoms with Crippen LogP contribution in [0.1, 0.15) is 0 Å². The van der Waals surface area contributed by atoms with E-state index < -0.39 is 17.8 Å². The molecule has 4 N–H and O–H groups in total. The van der Waals surface area contributed by atoms with Gasteiger partial charge in [-0.05, 0) is 31.3 Å². The molecule has 1 unspecified atom stereocenters. The lowest BCUT2D eigenvalue weighted by Gasteiger charge is -2.36. The molecule has 0 bridgehead atoms.